The zero-order valence-corrected chi connectivity index (χ0v) is 15.1. The lowest BCUT2D eigenvalue weighted by molar-refractivity contribution is 0.481. The van der Waals surface area contributed by atoms with E-state index in [9.17, 15) is 9.59 Å². The predicted octanol–water partition coefficient (Wildman–Crippen LogP) is 0.449. The van der Waals surface area contributed by atoms with Gasteiger partial charge in [0, 0.05) is 42.1 Å². The molecule has 1 saturated carbocycles. The van der Waals surface area contributed by atoms with Crippen LogP contribution in [0.3, 0.4) is 0 Å². The number of aryl methyl sites for hydroxylation is 1. The van der Waals surface area contributed by atoms with Crippen molar-refractivity contribution in [2.24, 2.45) is 17.6 Å². The summed E-state index contributed by atoms with van der Waals surface area (Å²) in [5, 5.41) is 0. The summed E-state index contributed by atoms with van der Waals surface area (Å²) in [6, 6.07) is -0.0158. The molecule has 0 bridgehead atoms. The molecule has 2 aromatic rings. The van der Waals surface area contributed by atoms with Crippen molar-refractivity contribution >= 4 is 11.2 Å². The van der Waals surface area contributed by atoms with Crippen molar-refractivity contribution < 1.29 is 4.39 Å². The van der Waals surface area contributed by atoms with Gasteiger partial charge in [0.2, 0.25) is 0 Å². The third kappa shape index (κ3) is 2.22. The molecule has 3 heterocycles. The van der Waals surface area contributed by atoms with E-state index in [1.54, 1.807) is 6.92 Å². The summed E-state index contributed by atoms with van der Waals surface area (Å²) in [4.78, 5) is 27.1. The monoisotopic (exact) mass is 371 g/mol. The molecule has 5 rings (SSSR count). The van der Waals surface area contributed by atoms with Crippen molar-refractivity contribution in [3.8, 4) is 0 Å². The van der Waals surface area contributed by atoms with Crippen molar-refractivity contribution in [2.75, 3.05) is 23.8 Å². The first kappa shape index (κ1) is 16.6. The number of hydrogen-bond acceptors (Lipinski definition) is 5. The van der Waals surface area contributed by atoms with Crippen LogP contribution in [-0.4, -0.2) is 28.2 Å². The lowest BCUT2D eigenvalue weighted by Crippen LogP contribution is -2.44. The van der Waals surface area contributed by atoms with Crippen LogP contribution in [0.15, 0.2) is 27.9 Å². The topological polar surface area (TPSA) is 98.8 Å². The van der Waals surface area contributed by atoms with Crippen molar-refractivity contribution in [1.82, 2.24) is 9.08 Å². The molecule has 0 spiro atoms. The average Bonchev–Trinajstić information content (AvgIpc) is 3.29. The minimum Gasteiger partial charge on any atom is -0.368 e. The number of aromatic nitrogens is 2. The third-order valence-electron chi connectivity index (χ3n) is 6.33. The first-order valence-corrected chi connectivity index (χ1v) is 9.32. The number of nitrogen functional groups attached to an aromatic ring is 1. The van der Waals surface area contributed by atoms with Gasteiger partial charge in [-0.1, -0.05) is 12.2 Å². The molecule has 0 amide bonds. The summed E-state index contributed by atoms with van der Waals surface area (Å²) < 4.78 is 16.9. The number of pyridine rings is 1. The molecule has 0 radical (unpaired) electrons. The van der Waals surface area contributed by atoms with Crippen LogP contribution >= 0.6 is 0 Å². The van der Waals surface area contributed by atoms with Gasteiger partial charge < -0.3 is 16.5 Å². The van der Waals surface area contributed by atoms with Crippen LogP contribution < -0.4 is 27.7 Å². The number of hydrogen-bond donors (Lipinski definition) is 2. The van der Waals surface area contributed by atoms with E-state index in [-0.39, 0.29) is 17.9 Å². The predicted molar refractivity (Wildman–Crippen MR) is 101 cm³/mol. The number of nitrogens with zero attached hydrogens (tertiary/aromatic N) is 3. The van der Waals surface area contributed by atoms with Crippen LogP contribution in [0, 0.1) is 24.6 Å². The fraction of sp³-hybridized carbons (Fsp3) is 0.474. The van der Waals surface area contributed by atoms with E-state index in [1.165, 1.54) is 10.6 Å². The van der Waals surface area contributed by atoms with Crippen LogP contribution in [0.4, 0.5) is 10.1 Å². The quantitative estimate of drug-likeness (QED) is 0.590. The Balaban J connectivity index is 1.75. The Hall–Kier alpha value is -2.61. The number of fused-ring (bicyclic) bond motifs is 2. The SMILES string of the molecule is Cc1c(N2CC3C=CC(N)C3C2)c(F)cn2c(=O)n(N)c(=O)c(C3CC3)c12. The highest BCUT2D eigenvalue weighted by atomic mass is 19.1. The van der Waals surface area contributed by atoms with Crippen molar-refractivity contribution in [3.05, 3.63) is 56.1 Å². The Morgan fingerprint density at radius 3 is 2.59 bits per heavy atom. The van der Waals surface area contributed by atoms with Crippen LogP contribution in [0.25, 0.3) is 5.52 Å². The van der Waals surface area contributed by atoms with E-state index in [0.717, 1.165) is 12.8 Å². The highest BCUT2D eigenvalue weighted by molar-refractivity contribution is 5.73. The molecule has 3 unspecified atom stereocenters. The first-order valence-electron chi connectivity index (χ1n) is 9.32. The largest absolute Gasteiger partial charge is 0.368 e. The van der Waals surface area contributed by atoms with E-state index < -0.39 is 17.1 Å². The summed E-state index contributed by atoms with van der Waals surface area (Å²) in [5.41, 5.74) is 7.04. The van der Waals surface area contributed by atoms with Gasteiger partial charge in [0.25, 0.3) is 5.56 Å². The van der Waals surface area contributed by atoms with Crippen molar-refractivity contribution in [2.45, 2.75) is 31.7 Å². The lowest BCUT2D eigenvalue weighted by Gasteiger charge is -2.24. The maximum absolute atomic E-state index is 15.1. The lowest BCUT2D eigenvalue weighted by atomic mass is 9.97. The molecule has 1 aliphatic heterocycles. The molecule has 2 aliphatic carbocycles. The van der Waals surface area contributed by atoms with E-state index in [1.807, 2.05) is 11.0 Å². The minimum atomic E-state index is -0.726. The second-order valence-corrected chi connectivity index (χ2v) is 8.01. The standard InChI is InChI=1S/C19H22FN5O2/c1-9-16(23-6-11-4-5-14(21)12(11)7-23)13(20)8-24-17(9)15(10-2-3-10)18(26)25(22)19(24)27/h4-5,8,10-12,14H,2-3,6-7,21-22H2,1H3. The third-order valence-corrected chi connectivity index (χ3v) is 6.33. The zero-order valence-electron chi connectivity index (χ0n) is 15.1. The summed E-state index contributed by atoms with van der Waals surface area (Å²) in [7, 11) is 0. The number of nitrogens with two attached hydrogens (primary N) is 2. The Kier molecular flexibility index (Phi) is 3.34. The van der Waals surface area contributed by atoms with Gasteiger partial charge in [0.05, 0.1) is 17.4 Å². The van der Waals surface area contributed by atoms with Crippen LogP contribution in [0.1, 0.15) is 29.9 Å². The molecule has 0 aromatic carbocycles. The van der Waals surface area contributed by atoms with Gasteiger partial charge in [-0.25, -0.2) is 9.18 Å². The molecule has 2 fully saturated rings. The first-order chi connectivity index (χ1) is 12.9. The Labute approximate surface area is 154 Å². The van der Waals surface area contributed by atoms with E-state index >= 15 is 4.39 Å². The van der Waals surface area contributed by atoms with E-state index in [4.69, 9.17) is 11.6 Å². The summed E-state index contributed by atoms with van der Waals surface area (Å²) in [6.07, 6.45) is 7.05. The average molecular weight is 371 g/mol. The van der Waals surface area contributed by atoms with Crippen molar-refractivity contribution in [1.29, 1.82) is 0 Å². The number of anilines is 1. The van der Waals surface area contributed by atoms with E-state index in [0.29, 0.717) is 46.0 Å². The van der Waals surface area contributed by atoms with Crippen LogP contribution in [-0.2, 0) is 0 Å². The Morgan fingerprint density at radius 1 is 1.19 bits per heavy atom. The summed E-state index contributed by atoms with van der Waals surface area (Å²) >= 11 is 0. The maximum Gasteiger partial charge on any atom is 0.354 e. The van der Waals surface area contributed by atoms with Gasteiger partial charge in [-0.3, -0.25) is 9.20 Å². The molecule has 2 aromatic heterocycles. The number of rotatable bonds is 2. The molecule has 8 heteroatoms. The van der Waals surface area contributed by atoms with Gasteiger partial charge in [-0.05, 0) is 25.7 Å². The normalized spacial score (nSPS) is 26.9. The van der Waals surface area contributed by atoms with Gasteiger partial charge in [0.15, 0.2) is 5.82 Å². The fourth-order valence-electron chi connectivity index (χ4n) is 4.82. The Bertz CT molecular complexity index is 1110. The van der Waals surface area contributed by atoms with Gasteiger partial charge >= 0.3 is 5.69 Å². The number of halogens is 1. The van der Waals surface area contributed by atoms with Crippen molar-refractivity contribution in [3.63, 3.8) is 0 Å². The Morgan fingerprint density at radius 2 is 1.93 bits per heavy atom. The van der Waals surface area contributed by atoms with Crippen LogP contribution in [0.5, 0.6) is 0 Å². The molecule has 1 saturated heterocycles. The molecule has 142 valence electrons. The molecule has 4 N–H and O–H groups in total. The fourth-order valence-corrected chi connectivity index (χ4v) is 4.82. The molecular formula is C19H22FN5O2. The molecule has 3 aliphatic rings. The smallest absolute Gasteiger partial charge is 0.354 e. The maximum atomic E-state index is 15.1. The van der Waals surface area contributed by atoms with Gasteiger partial charge in [0.1, 0.15) is 0 Å². The summed E-state index contributed by atoms with van der Waals surface area (Å²) in [6.45, 7) is 3.12. The molecule has 27 heavy (non-hydrogen) atoms. The second kappa shape index (κ2) is 5.45. The van der Waals surface area contributed by atoms with Gasteiger partial charge in [-0.2, -0.15) is 4.68 Å². The molecule has 7 nitrogen and oxygen atoms in total. The molecular weight excluding hydrogens is 349 g/mol. The second-order valence-electron chi connectivity index (χ2n) is 8.01. The van der Waals surface area contributed by atoms with E-state index in [2.05, 4.69) is 6.08 Å². The summed E-state index contributed by atoms with van der Waals surface area (Å²) in [5.74, 6) is 5.83. The van der Waals surface area contributed by atoms with Crippen LogP contribution in [0.2, 0.25) is 0 Å². The highest BCUT2D eigenvalue weighted by Crippen LogP contribution is 2.43. The minimum absolute atomic E-state index is 0.0158. The van der Waals surface area contributed by atoms with Gasteiger partial charge in [-0.15, -0.1) is 0 Å². The molecule has 3 atom stereocenters. The highest BCUT2D eigenvalue weighted by Gasteiger charge is 2.40. The zero-order chi connectivity index (χ0) is 19.0.